The smallest absolute Gasteiger partial charge is 0.237 e. The Morgan fingerprint density at radius 2 is 2.12 bits per heavy atom. The lowest BCUT2D eigenvalue weighted by Crippen LogP contribution is -2.46. The number of rotatable bonds is 5. The van der Waals surface area contributed by atoms with Gasteiger partial charge < -0.3 is 15.4 Å². The predicted molar refractivity (Wildman–Crippen MR) is 94.9 cm³/mol. The fourth-order valence-electron chi connectivity index (χ4n) is 2.71. The maximum Gasteiger partial charge on any atom is 0.237 e. The van der Waals surface area contributed by atoms with Gasteiger partial charge >= 0.3 is 0 Å². The summed E-state index contributed by atoms with van der Waals surface area (Å²) in [6.45, 7) is 1.37. The molecule has 1 fully saturated rings. The minimum atomic E-state index is -0.0626. The van der Waals surface area contributed by atoms with Crippen LogP contribution in [0.1, 0.15) is 25.0 Å². The molecular formula is C17H23ClN4O2. The van der Waals surface area contributed by atoms with Crippen LogP contribution in [0.3, 0.4) is 0 Å². The van der Waals surface area contributed by atoms with Crippen molar-refractivity contribution < 1.29 is 9.53 Å². The second-order valence-corrected chi connectivity index (χ2v) is 5.67. The first-order valence-electron chi connectivity index (χ1n) is 7.96. The van der Waals surface area contributed by atoms with Gasteiger partial charge in [-0.2, -0.15) is 5.10 Å². The third-order valence-electron chi connectivity index (χ3n) is 4.05. The van der Waals surface area contributed by atoms with Gasteiger partial charge in [0.05, 0.1) is 31.1 Å². The molecule has 24 heavy (non-hydrogen) atoms. The molecule has 1 unspecified atom stereocenters. The van der Waals surface area contributed by atoms with E-state index in [9.17, 15) is 4.79 Å². The number of piperidine rings is 1. The van der Waals surface area contributed by atoms with Crippen molar-refractivity contribution in [2.75, 3.05) is 13.7 Å². The zero-order valence-electron chi connectivity index (χ0n) is 13.7. The van der Waals surface area contributed by atoms with Crippen LogP contribution in [0.2, 0.25) is 0 Å². The van der Waals surface area contributed by atoms with Crippen molar-refractivity contribution in [1.82, 2.24) is 20.4 Å². The lowest BCUT2D eigenvalue weighted by Gasteiger charge is -2.22. The van der Waals surface area contributed by atoms with Crippen molar-refractivity contribution in [3.05, 3.63) is 42.2 Å². The van der Waals surface area contributed by atoms with E-state index in [1.165, 1.54) is 0 Å². The summed E-state index contributed by atoms with van der Waals surface area (Å²) in [5.74, 6) is 0.872. The molecule has 1 aliphatic heterocycles. The zero-order chi connectivity index (χ0) is 16.1. The molecule has 0 spiro atoms. The largest absolute Gasteiger partial charge is 0.497 e. The fraction of sp³-hybridized carbons (Fsp3) is 0.412. The van der Waals surface area contributed by atoms with Gasteiger partial charge in [-0.15, -0.1) is 12.4 Å². The number of nitrogens with zero attached hydrogens (tertiary/aromatic N) is 2. The molecule has 0 bridgehead atoms. The topological polar surface area (TPSA) is 68.2 Å². The molecule has 1 aliphatic rings. The lowest BCUT2D eigenvalue weighted by atomic mass is 10.0. The van der Waals surface area contributed by atoms with Gasteiger partial charge in [0.1, 0.15) is 5.75 Å². The standard InChI is InChI=1S/C17H22N4O2.ClH/c1-23-15-7-5-14(6-8-15)21-11-9-13(20-21)12-19-17(22)16-4-2-3-10-18-16;/h5-9,11,16,18H,2-4,10,12H2,1H3,(H,19,22);1H. The number of hydrogen-bond donors (Lipinski definition) is 2. The molecule has 1 aromatic heterocycles. The Hall–Kier alpha value is -2.05. The van der Waals surface area contributed by atoms with E-state index >= 15 is 0 Å². The second kappa shape index (κ2) is 8.70. The van der Waals surface area contributed by atoms with Crippen molar-refractivity contribution in [1.29, 1.82) is 0 Å². The molecule has 6 nitrogen and oxygen atoms in total. The van der Waals surface area contributed by atoms with Crippen LogP contribution in [0.5, 0.6) is 5.75 Å². The highest BCUT2D eigenvalue weighted by Gasteiger charge is 2.20. The maximum absolute atomic E-state index is 12.1. The van der Waals surface area contributed by atoms with Crippen LogP contribution in [0, 0.1) is 0 Å². The van der Waals surface area contributed by atoms with Crippen molar-refractivity contribution in [2.45, 2.75) is 31.8 Å². The number of aromatic nitrogens is 2. The summed E-state index contributed by atoms with van der Waals surface area (Å²) in [7, 11) is 1.64. The highest BCUT2D eigenvalue weighted by atomic mass is 35.5. The first kappa shape index (κ1) is 18.3. The van der Waals surface area contributed by atoms with E-state index in [0.29, 0.717) is 6.54 Å². The third-order valence-corrected chi connectivity index (χ3v) is 4.05. The number of carbonyl (C=O) groups excluding carboxylic acids is 1. The van der Waals surface area contributed by atoms with Crippen molar-refractivity contribution >= 4 is 18.3 Å². The van der Waals surface area contributed by atoms with E-state index in [1.807, 2.05) is 36.5 Å². The lowest BCUT2D eigenvalue weighted by molar-refractivity contribution is -0.123. The van der Waals surface area contributed by atoms with Crippen LogP contribution in [-0.4, -0.2) is 35.4 Å². The quantitative estimate of drug-likeness (QED) is 0.866. The van der Waals surface area contributed by atoms with E-state index in [-0.39, 0.29) is 24.4 Å². The number of ether oxygens (including phenoxy) is 1. The molecule has 1 atom stereocenters. The van der Waals surface area contributed by atoms with Gasteiger partial charge in [-0.05, 0) is 49.7 Å². The van der Waals surface area contributed by atoms with E-state index in [4.69, 9.17) is 4.74 Å². The number of methoxy groups -OCH3 is 1. The Balaban J connectivity index is 0.00000208. The molecule has 3 rings (SSSR count). The SMILES string of the molecule is COc1ccc(-n2ccc(CNC(=O)C3CCCCN3)n2)cc1.Cl. The minimum absolute atomic E-state index is 0. The summed E-state index contributed by atoms with van der Waals surface area (Å²) in [6.07, 6.45) is 5.06. The highest BCUT2D eigenvalue weighted by molar-refractivity contribution is 5.85. The Labute approximate surface area is 148 Å². The molecule has 2 aromatic rings. The molecule has 0 radical (unpaired) electrons. The summed E-state index contributed by atoms with van der Waals surface area (Å²) in [5, 5.41) is 10.7. The van der Waals surface area contributed by atoms with Crippen LogP contribution >= 0.6 is 12.4 Å². The van der Waals surface area contributed by atoms with E-state index in [0.717, 1.165) is 42.9 Å². The number of halogens is 1. The van der Waals surface area contributed by atoms with Crippen LogP contribution in [0.4, 0.5) is 0 Å². The molecule has 0 saturated carbocycles. The maximum atomic E-state index is 12.1. The Morgan fingerprint density at radius 3 is 2.79 bits per heavy atom. The number of amides is 1. The highest BCUT2D eigenvalue weighted by Crippen LogP contribution is 2.14. The molecule has 130 valence electrons. The average molecular weight is 351 g/mol. The summed E-state index contributed by atoms with van der Waals surface area (Å²) in [5.41, 5.74) is 1.79. The van der Waals surface area contributed by atoms with Crippen LogP contribution in [0.25, 0.3) is 5.69 Å². The van der Waals surface area contributed by atoms with Gasteiger partial charge in [-0.25, -0.2) is 4.68 Å². The molecular weight excluding hydrogens is 328 g/mol. The van der Waals surface area contributed by atoms with Crippen LogP contribution in [0.15, 0.2) is 36.5 Å². The van der Waals surface area contributed by atoms with Gasteiger partial charge in [0, 0.05) is 6.20 Å². The van der Waals surface area contributed by atoms with E-state index in [2.05, 4.69) is 15.7 Å². The number of benzene rings is 1. The number of hydrogen-bond acceptors (Lipinski definition) is 4. The predicted octanol–water partition coefficient (Wildman–Crippen LogP) is 2.06. The van der Waals surface area contributed by atoms with Gasteiger partial charge in [0.2, 0.25) is 5.91 Å². The molecule has 2 N–H and O–H groups in total. The molecule has 1 aromatic carbocycles. The first-order valence-corrected chi connectivity index (χ1v) is 7.96. The second-order valence-electron chi connectivity index (χ2n) is 5.67. The molecule has 1 saturated heterocycles. The summed E-state index contributed by atoms with van der Waals surface area (Å²) in [6, 6.07) is 9.53. The van der Waals surface area contributed by atoms with Crippen LogP contribution < -0.4 is 15.4 Å². The van der Waals surface area contributed by atoms with Crippen molar-refractivity contribution in [3.8, 4) is 11.4 Å². The Bertz CT molecular complexity index is 651. The average Bonchev–Trinajstić information content (AvgIpc) is 3.09. The van der Waals surface area contributed by atoms with Crippen molar-refractivity contribution in [2.24, 2.45) is 0 Å². The van der Waals surface area contributed by atoms with E-state index < -0.39 is 0 Å². The monoisotopic (exact) mass is 350 g/mol. The zero-order valence-corrected chi connectivity index (χ0v) is 14.5. The van der Waals surface area contributed by atoms with Gasteiger partial charge in [-0.1, -0.05) is 6.42 Å². The number of carbonyl (C=O) groups is 1. The van der Waals surface area contributed by atoms with Gasteiger partial charge in [0.25, 0.3) is 0 Å². The van der Waals surface area contributed by atoms with Gasteiger partial charge in [-0.3, -0.25) is 4.79 Å². The molecule has 0 aliphatic carbocycles. The van der Waals surface area contributed by atoms with Gasteiger partial charge in [0.15, 0.2) is 0 Å². The van der Waals surface area contributed by atoms with Crippen molar-refractivity contribution in [3.63, 3.8) is 0 Å². The van der Waals surface area contributed by atoms with Crippen LogP contribution in [-0.2, 0) is 11.3 Å². The summed E-state index contributed by atoms with van der Waals surface area (Å²) < 4.78 is 6.94. The molecule has 1 amide bonds. The molecule has 2 heterocycles. The third kappa shape index (κ3) is 4.49. The Kier molecular flexibility index (Phi) is 6.63. The van der Waals surface area contributed by atoms with E-state index in [1.54, 1.807) is 11.8 Å². The summed E-state index contributed by atoms with van der Waals surface area (Å²) >= 11 is 0. The number of nitrogens with one attached hydrogen (secondary N) is 2. The minimum Gasteiger partial charge on any atom is -0.497 e. The summed E-state index contributed by atoms with van der Waals surface area (Å²) in [4.78, 5) is 12.1. The molecule has 7 heteroatoms. The fourth-order valence-corrected chi connectivity index (χ4v) is 2.71. The normalized spacial score (nSPS) is 17.0. The first-order chi connectivity index (χ1) is 11.3. The Morgan fingerprint density at radius 1 is 1.33 bits per heavy atom.